The molecule has 31 heavy (non-hydrogen) atoms. The summed E-state index contributed by atoms with van der Waals surface area (Å²) in [5.41, 5.74) is 6.65. The van der Waals surface area contributed by atoms with E-state index in [1.54, 1.807) is 12.1 Å². The SMILES string of the molecule is COc1cc(SN)ccc1NCC#Cc1cc(C(N)=O)c2ncn(CC(F)(F)F)c2c1. The average Bonchev–Trinajstić information content (AvgIpc) is 3.11. The van der Waals surface area contributed by atoms with Gasteiger partial charge in [0.15, 0.2) is 0 Å². The molecular weight excluding hydrogens is 431 g/mol. The van der Waals surface area contributed by atoms with E-state index in [0.717, 1.165) is 27.7 Å². The van der Waals surface area contributed by atoms with Crippen LogP contribution in [-0.4, -0.2) is 35.3 Å². The normalized spacial score (nSPS) is 11.1. The number of anilines is 1. The van der Waals surface area contributed by atoms with Crippen LogP contribution in [-0.2, 0) is 6.54 Å². The van der Waals surface area contributed by atoms with Crippen molar-refractivity contribution in [2.75, 3.05) is 19.0 Å². The standard InChI is InChI=1S/C20H18F3N5O2S/c1-30-17-9-13(31-25)4-5-15(17)26-6-2-3-12-7-14(19(24)29)18-16(8-12)28(11-27-18)10-20(21,22)23/h4-5,7-9,11,26H,6,10,25H2,1H3,(H2,24,29). The van der Waals surface area contributed by atoms with E-state index in [4.69, 9.17) is 15.6 Å². The van der Waals surface area contributed by atoms with E-state index in [2.05, 4.69) is 22.1 Å². The lowest BCUT2D eigenvalue weighted by atomic mass is 10.1. The predicted octanol–water partition coefficient (Wildman–Crippen LogP) is 3.14. The van der Waals surface area contributed by atoms with Crippen LogP contribution >= 0.6 is 11.9 Å². The van der Waals surface area contributed by atoms with Crippen molar-refractivity contribution < 1.29 is 22.7 Å². The number of carbonyl (C=O) groups is 1. The highest BCUT2D eigenvalue weighted by Gasteiger charge is 2.29. The number of nitrogens with one attached hydrogen (secondary N) is 1. The number of hydrogen-bond donors (Lipinski definition) is 3. The summed E-state index contributed by atoms with van der Waals surface area (Å²) in [4.78, 5) is 16.5. The second-order valence-corrected chi connectivity index (χ2v) is 7.09. The Kier molecular flexibility index (Phi) is 6.62. The molecule has 5 N–H and O–H groups in total. The third-order valence-electron chi connectivity index (χ3n) is 4.25. The maximum absolute atomic E-state index is 12.8. The van der Waals surface area contributed by atoms with E-state index in [9.17, 15) is 18.0 Å². The molecule has 3 rings (SSSR count). The molecule has 0 aliphatic rings. The van der Waals surface area contributed by atoms with Crippen LogP contribution in [0.5, 0.6) is 5.75 Å². The number of imidazole rings is 1. The first-order valence-corrected chi connectivity index (χ1v) is 9.72. The first kappa shape index (κ1) is 22.3. The Labute approximate surface area is 180 Å². The third kappa shape index (κ3) is 5.42. The van der Waals surface area contributed by atoms with Gasteiger partial charge in [-0.3, -0.25) is 9.93 Å². The summed E-state index contributed by atoms with van der Waals surface area (Å²) in [5.74, 6) is 5.49. The quantitative estimate of drug-likeness (QED) is 0.394. The summed E-state index contributed by atoms with van der Waals surface area (Å²) in [6, 6.07) is 8.24. The Morgan fingerprint density at radius 1 is 1.32 bits per heavy atom. The van der Waals surface area contributed by atoms with Gasteiger partial charge in [0.25, 0.3) is 5.91 Å². The van der Waals surface area contributed by atoms with Gasteiger partial charge in [0.05, 0.1) is 36.7 Å². The fourth-order valence-corrected chi connectivity index (χ4v) is 3.24. The van der Waals surface area contributed by atoms with Crippen molar-refractivity contribution in [1.29, 1.82) is 0 Å². The van der Waals surface area contributed by atoms with Crippen LogP contribution in [0.25, 0.3) is 11.0 Å². The lowest BCUT2D eigenvalue weighted by molar-refractivity contribution is -0.139. The lowest BCUT2D eigenvalue weighted by Crippen LogP contribution is -2.17. The van der Waals surface area contributed by atoms with Crippen LogP contribution in [0.1, 0.15) is 15.9 Å². The van der Waals surface area contributed by atoms with Gasteiger partial charge in [-0.15, -0.1) is 0 Å². The van der Waals surface area contributed by atoms with E-state index in [0.29, 0.717) is 17.0 Å². The smallest absolute Gasteiger partial charge is 0.406 e. The van der Waals surface area contributed by atoms with Gasteiger partial charge in [-0.1, -0.05) is 11.8 Å². The van der Waals surface area contributed by atoms with Crippen LogP contribution in [0, 0.1) is 11.8 Å². The molecule has 0 unspecified atom stereocenters. The Balaban J connectivity index is 1.86. The molecule has 1 heterocycles. The molecule has 0 fully saturated rings. The zero-order valence-corrected chi connectivity index (χ0v) is 17.1. The molecule has 11 heteroatoms. The second-order valence-electron chi connectivity index (χ2n) is 6.38. The number of alkyl halides is 3. The number of ether oxygens (including phenoxy) is 1. The molecule has 0 aliphatic carbocycles. The zero-order chi connectivity index (χ0) is 22.6. The molecule has 0 aliphatic heterocycles. The monoisotopic (exact) mass is 449 g/mol. The molecule has 0 radical (unpaired) electrons. The van der Waals surface area contributed by atoms with E-state index in [-0.39, 0.29) is 23.1 Å². The van der Waals surface area contributed by atoms with Crippen LogP contribution < -0.4 is 20.9 Å². The van der Waals surface area contributed by atoms with E-state index < -0.39 is 18.6 Å². The summed E-state index contributed by atoms with van der Waals surface area (Å²) in [7, 11) is 1.53. The van der Waals surface area contributed by atoms with E-state index in [1.165, 1.54) is 19.2 Å². The second kappa shape index (κ2) is 9.20. The van der Waals surface area contributed by atoms with Gasteiger partial charge < -0.3 is 20.4 Å². The number of primary amides is 1. The minimum atomic E-state index is -4.44. The molecule has 0 saturated heterocycles. The number of fused-ring (bicyclic) bond motifs is 1. The Morgan fingerprint density at radius 3 is 2.74 bits per heavy atom. The van der Waals surface area contributed by atoms with Crippen LogP contribution in [0.4, 0.5) is 18.9 Å². The van der Waals surface area contributed by atoms with Crippen LogP contribution in [0.15, 0.2) is 41.6 Å². The maximum Gasteiger partial charge on any atom is 0.406 e. The highest BCUT2D eigenvalue weighted by Crippen LogP contribution is 2.28. The summed E-state index contributed by atoms with van der Waals surface area (Å²) >= 11 is 1.09. The molecule has 0 spiro atoms. The van der Waals surface area contributed by atoms with Crippen molar-refractivity contribution in [3.05, 3.63) is 47.8 Å². The number of carbonyl (C=O) groups excluding carboxylic acids is 1. The predicted molar refractivity (Wildman–Crippen MR) is 113 cm³/mol. The highest BCUT2D eigenvalue weighted by atomic mass is 32.2. The van der Waals surface area contributed by atoms with Crippen molar-refractivity contribution in [2.24, 2.45) is 10.9 Å². The van der Waals surface area contributed by atoms with Gasteiger partial charge in [0.2, 0.25) is 0 Å². The first-order chi connectivity index (χ1) is 14.7. The summed E-state index contributed by atoms with van der Waals surface area (Å²) in [6.07, 6.45) is -3.41. The fourth-order valence-electron chi connectivity index (χ4n) is 2.92. The van der Waals surface area contributed by atoms with Gasteiger partial charge in [-0.05, 0) is 42.3 Å². The number of nitrogens with zero attached hydrogens (tertiary/aromatic N) is 2. The van der Waals surface area contributed by atoms with Gasteiger partial charge in [0.1, 0.15) is 17.8 Å². The summed E-state index contributed by atoms with van der Waals surface area (Å²) in [6.45, 7) is -1.02. The topological polar surface area (TPSA) is 108 Å². The van der Waals surface area contributed by atoms with Crippen molar-refractivity contribution in [2.45, 2.75) is 17.6 Å². The molecule has 7 nitrogen and oxygen atoms in total. The van der Waals surface area contributed by atoms with Crippen molar-refractivity contribution in [3.63, 3.8) is 0 Å². The number of amides is 1. The first-order valence-electron chi connectivity index (χ1n) is 8.85. The minimum Gasteiger partial charge on any atom is -0.495 e. The average molecular weight is 449 g/mol. The van der Waals surface area contributed by atoms with Crippen molar-refractivity contribution in [3.8, 4) is 17.6 Å². The molecule has 0 atom stereocenters. The summed E-state index contributed by atoms with van der Waals surface area (Å²) < 4.78 is 44.7. The molecule has 1 aromatic heterocycles. The number of benzene rings is 2. The number of nitrogens with two attached hydrogens (primary N) is 2. The molecule has 0 bridgehead atoms. The van der Waals surface area contributed by atoms with Gasteiger partial charge in [0, 0.05) is 10.5 Å². The molecule has 3 aromatic rings. The highest BCUT2D eigenvalue weighted by molar-refractivity contribution is 7.97. The Hall–Kier alpha value is -3.36. The zero-order valence-electron chi connectivity index (χ0n) is 16.3. The van der Waals surface area contributed by atoms with Crippen LogP contribution in [0.3, 0.4) is 0 Å². The van der Waals surface area contributed by atoms with Crippen molar-refractivity contribution in [1.82, 2.24) is 9.55 Å². The van der Waals surface area contributed by atoms with Gasteiger partial charge in [-0.2, -0.15) is 13.2 Å². The largest absolute Gasteiger partial charge is 0.495 e. The number of halogens is 3. The van der Waals surface area contributed by atoms with Crippen molar-refractivity contribution >= 4 is 34.6 Å². The van der Waals surface area contributed by atoms with E-state index in [1.807, 2.05) is 6.07 Å². The number of hydrogen-bond acceptors (Lipinski definition) is 6. The fraction of sp³-hybridized carbons (Fsp3) is 0.200. The van der Waals surface area contributed by atoms with Gasteiger partial charge >= 0.3 is 6.18 Å². The maximum atomic E-state index is 12.8. The summed E-state index contributed by atoms with van der Waals surface area (Å²) in [5, 5.41) is 8.63. The molecule has 0 saturated carbocycles. The molecule has 162 valence electrons. The molecule has 2 aromatic carbocycles. The lowest BCUT2D eigenvalue weighted by Gasteiger charge is -2.10. The van der Waals surface area contributed by atoms with Gasteiger partial charge in [-0.25, -0.2) is 4.98 Å². The Morgan fingerprint density at radius 2 is 2.10 bits per heavy atom. The number of rotatable bonds is 6. The molecule has 1 amide bonds. The third-order valence-corrected chi connectivity index (χ3v) is 4.78. The minimum absolute atomic E-state index is 0.00669. The van der Waals surface area contributed by atoms with Crippen LogP contribution in [0.2, 0.25) is 0 Å². The number of aromatic nitrogens is 2. The van der Waals surface area contributed by atoms with E-state index >= 15 is 0 Å². The number of methoxy groups -OCH3 is 1. The molecular formula is C20H18F3N5O2S. The Bertz CT molecular complexity index is 1180.